The Morgan fingerprint density at radius 1 is 1.10 bits per heavy atom. The molecule has 2 atom stereocenters. The number of Topliss-reactive ketones (excluding diaryl/α,β-unsaturated/α-hetero) is 1. The monoisotopic (exact) mass is 288 g/mol. The maximum absolute atomic E-state index is 12.3. The second-order valence-corrected chi connectivity index (χ2v) is 6.23. The molecule has 21 heavy (non-hydrogen) atoms. The highest BCUT2D eigenvalue weighted by Crippen LogP contribution is 2.35. The van der Waals surface area contributed by atoms with E-state index < -0.39 is 0 Å². The van der Waals surface area contributed by atoms with Gasteiger partial charge in [-0.25, -0.2) is 0 Å². The third-order valence-electron chi connectivity index (χ3n) is 4.49. The summed E-state index contributed by atoms with van der Waals surface area (Å²) in [6.07, 6.45) is 7.59. The molecule has 0 unspecified atom stereocenters. The second kappa shape index (κ2) is 8.21. The van der Waals surface area contributed by atoms with Crippen molar-refractivity contribution in [1.29, 1.82) is 0 Å². The summed E-state index contributed by atoms with van der Waals surface area (Å²) in [7, 11) is 0. The van der Waals surface area contributed by atoms with Crippen molar-refractivity contribution in [2.24, 2.45) is 5.92 Å². The molecule has 1 saturated carbocycles. The molecule has 2 nitrogen and oxygen atoms in total. The van der Waals surface area contributed by atoms with E-state index in [1.54, 1.807) is 0 Å². The number of carbonyl (C=O) groups is 1. The number of rotatable bonds is 7. The van der Waals surface area contributed by atoms with Crippen LogP contribution in [-0.4, -0.2) is 12.4 Å². The fourth-order valence-corrected chi connectivity index (χ4v) is 3.23. The van der Waals surface area contributed by atoms with Gasteiger partial charge in [0.1, 0.15) is 11.5 Å². The van der Waals surface area contributed by atoms with Crippen molar-refractivity contribution in [2.75, 3.05) is 6.61 Å². The molecule has 0 amide bonds. The molecule has 0 spiro atoms. The lowest BCUT2D eigenvalue weighted by atomic mass is 9.76. The Morgan fingerprint density at radius 2 is 1.86 bits per heavy atom. The van der Waals surface area contributed by atoms with Crippen LogP contribution in [0.1, 0.15) is 70.3 Å². The summed E-state index contributed by atoms with van der Waals surface area (Å²) in [4.78, 5) is 12.3. The molecule has 0 radical (unpaired) electrons. The Kier molecular flexibility index (Phi) is 6.28. The minimum absolute atomic E-state index is 0.114. The highest BCUT2D eigenvalue weighted by molar-refractivity contribution is 5.86. The van der Waals surface area contributed by atoms with E-state index in [1.807, 2.05) is 12.1 Å². The van der Waals surface area contributed by atoms with Crippen LogP contribution >= 0.6 is 0 Å². The predicted molar refractivity (Wildman–Crippen MR) is 86.8 cm³/mol. The van der Waals surface area contributed by atoms with Gasteiger partial charge in [0.15, 0.2) is 0 Å². The van der Waals surface area contributed by atoms with Gasteiger partial charge in [0.05, 0.1) is 6.61 Å². The van der Waals surface area contributed by atoms with Gasteiger partial charge in [0, 0.05) is 12.3 Å². The fourth-order valence-electron chi connectivity index (χ4n) is 3.23. The van der Waals surface area contributed by atoms with Crippen LogP contribution in [0.2, 0.25) is 0 Å². The summed E-state index contributed by atoms with van der Waals surface area (Å²) < 4.78 is 5.68. The van der Waals surface area contributed by atoms with Gasteiger partial charge in [0.25, 0.3) is 0 Å². The van der Waals surface area contributed by atoms with Crippen molar-refractivity contribution in [3.8, 4) is 5.75 Å². The van der Waals surface area contributed by atoms with Crippen LogP contribution in [0.3, 0.4) is 0 Å². The molecule has 1 aromatic rings. The minimum Gasteiger partial charge on any atom is -0.494 e. The zero-order valence-electron chi connectivity index (χ0n) is 13.4. The molecule has 1 fully saturated rings. The molecule has 0 heterocycles. The van der Waals surface area contributed by atoms with Gasteiger partial charge in [-0.2, -0.15) is 0 Å². The van der Waals surface area contributed by atoms with Crippen molar-refractivity contribution >= 4 is 5.78 Å². The lowest BCUT2D eigenvalue weighted by Crippen LogP contribution is -2.23. The normalized spacial score (nSPS) is 22.3. The zero-order chi connectivity index (χ0) is 15.1. The molecule has 0 saturated heterocycles. The van der Waals surface area contributed by atoms with Crippen molar-refractivity contribution in [1.82, 2.24) is 0 Å². The molecule has 0 aromatic heterocycles. The van der Waals surface area contributed by atoms with E-state index >= 15 is 0 Å². The molecular weight excluding hydrogens is 260 g/mol. The maximum Gasteiger partial charge on any atom is 0.140 e. The molecular formula is C19H28O2. The summed E-state index contributed by atoms with van der Waals surface area (Å²) >= 11 is 0. The standard InChI is InChI=1S/C19H28O2/c1-3-5-13-21-17-10-8-16(9-11-17)18-12-7-15(6-4-2)14-19(18)20/h8-11,15,18H,3-7,12-14H2,1-2H3/t15-,18+/m0/s1. The van der Waals surface area contributed by atoms with Crippen molar-refractivity contribution in [2.45, 2.75) is 64.7 Å². The summed E-state index contributed by atoms with van der Waals surface area (Å²) in [5, 5.41) is 0. The topological polar surface area (TPSA) is 26.3 Å². The van der Waals surface area contributed by atoms with Crippen LogP contribution in [0.15, 0.2) is 24.3 Å². The Balaban J connectivity index is 1.91. The first-order chi connectivity index (χ1) is 10.2. The first-order valence-corrected chi connectivity index (χ1v) is 8.50. The highest BCUT2D eigenvalue weighted by Gasteiger charge is 2.28. The quantitative estimate of drug-likeness (QED) is 0.651. The van der Waals surface area contributed by atoms with Crippen molar-refractivity contribution in [3.63, 3.8) is 0 Å². The Hall–Kier alpha value is -1.31. The smallest absolute Gasteiger partial charge is 0.140 e. The van der Waals surface area contributed by atoms with Gasteiger partial charge in [-0.15, -0.1) is 0 Å². The van der Waals surface area contributed by atoms with Crippen LogP contribution in [0.5, 0.6) is 5.75 Å². The van der Waals surface area contributed by atoms with Crippen LogP contribution in [-0.2, 0) is 4.79 Å². The molecule has 1 aliphatic carbocycles. The second-order valence-electron chi connectivity index (χ2n) is 6.23. The van der Waals surface area contributed by atoms with Crippen LogP contribution < -0.4 is 4.74 Å². The SMILES string of the molecule is CCCCOc1ccc([C@H]2CC[C@H](CCC)CC2=O)cc1. The number of unbranched alkanes of at least 4 members (excludes halogenated alkanes) is 1. The minimum atomic E-state index is 0.114. The van der Waals surface area contributed by atoms with Gasteiger partial charge in [-0.05, 0) is 42.9 Å². The zero-order valence-corrected chi connectivity index (χ0v) is 13.4. The molecule has 2 heteroatoms. The average molecular weight is 288 g/mol. The van der Waals surface area contributed by atoms with Crippen LogP contribution in [0, 0.1) is 5.92 Å². The third-order valence-corrected chi connectivity index (χ3v) is 4.49. The Labute approximate surface area is 128 Å². The summed E-state index contributed by atoms with van der Waals surface area (Å²) in [5.74, 6) is 2.08. The number of carbonyl (C=O) groups excluding carboxylic acids is 1. The van der Waals surface area contributed by atoms with E-state index in [2.05, 4.69) is 26.0 Å². The van der Waals surface area contributed by atoms with E-state index in [1.165, 1.54) is 19.3 Å². The Bertz CT molecular complexity index is 435. The molecule has 1 aromatic carbocycles. The van der Waals surface area contributed by atoms with E-state index in [0.29, 0.717) is 11.7 Å². The molecule has 2 rings (SSSR count). The van der Waals surface area contributed by atoms with E-state index in [0.717, 1.165) is 43.6 Å². The largest absolute Gasteiger partial charge is 0.494 e. The number of ether oxygens (including phenoxy) is 1. The molecule has 0 bridgehead atoms. The molecule has 0 N–H and O–H groups in total. The lowest BCUT2D eigenvalue weighted by molar-refractivity contribution is -0.123. The molecule has 0 aliphatic heterocycles. The lowest BCUT2D eigenvalue weighted by Gasteiger charge is -2.27. The van der Waals surface area contributed by atoms with Gasteiger partial charge in [-0.3, -0.25) is 4.79 Å². The highest BCUT2D eigenvalue weighted by atomic mass is 16.5. The van der Waals surface area contributed by atoms with Crippen LogP contribution in [0.25, 0.3) is 0 Å². The first kappa shape index (κ1) is 16.1. The fraction of sp³-hybridized carbons (Fsp3) is 0.632. The molecule has 116 valence electrons. The van der Waals surface area contributed by atoms with Gasteiger partial charge in [-0.1, -0.05) is 45.2 Å². The number of benzene rings is 1. The van der Waals surface area contributed by atoms with Crippen LogP contribution in [0.4, 0.5) is 0 Å². The number of hydrogen-bond acceptors (Lipinski definition) is 2. The van der Waals surface area contributed by atoms with Crippen molar-refractivity contribution < 1.29 is 9.53 Å². The van der Waals surface area contributed by atoms with E-state index in [9.17, 15) is 4.79 Å². The third kappa shape index (κ3) is 4.59. The first-order valence-electron chi connectivity index (χ1n) is 8.50. The summed E-state index contributed by atoms with van der Waals surface area (Å²) in [6, 6.07) is 8.17. The predicted octanol–water partition coefficient (Wildman–Crippen LogP) is 5.12. The van der Waals surface area contributed by atoms with E-state index in [4.69, 9.17) is 4.74 Å². The number of ketones is 1. The van der Waals surface area contributed by atoms with Gasteiger partial charge in [0.2, 0.25) is 0 Å². The van der Waals surface area contributed by atoms with Gasteiger partial charge >= 0.3 is 0 Å². The van der Waals surface area contributed by atoms with E-state index in [-0.39, 0.29) is 5.92 Å². The summed E-state index contributed by atoms with van der Waals surface area (Å²) in [5.41, 5.74) is 1.16. The average Bonchev–Trinajstić information content (AvgIpc) is 2.49. The van der Waals surface area contributed by atoms with Gasteiger partial charge < -0.3 is 4.74 Å². The molecule has 1 aliphatic rings. The number of hydrogen-bond donors (Lipinski definition) is 0. The summed E-state index contributed by atoms with van der Waals surface area (Å²) in [6.45, 7) is 5.14. The Morgan fingerprint density at radius 3 is 2.48 bits per heavy atom. The van der Waals surface area contributed by atoms with Crippen molar-refractivity contribution in [3.05, 3.63) is 29.8 Å². The maximum atomic E-state index is 12.3.